The molecule has 1 aliphatic carbocycles. The average Bonchev–Trinajstić information content (AvgIpc) is 3.75. The Hall–Kier alpha value is -6.48. The first-order valence-corrected chi connectivity index (χ1v) is 19.9. The maximum atomic E-state index is 2.53. The molecule has 55 heavy (non-hydrogen) atoms. The van der Waals surface area contributed by atoms with Gasteiger partial charge in [-0.3, -0.25) is 0 Å². The van der Waals surface area contributed by atoms with E-state index in [0.717, 1.165) is 11.4 Å². The number of fused-ring (bicyclic) bond motifs is 11. The molecule has 1 nitrogen and oxygen atoms in total. The lowest BCUT2D eigenvalue weighted by molar-refractivity contribution is 0.660. The van der Waals surface area contributed by atoms with Gasteiger partial charge in [0.15, 0.2) is 0 Å². The van der Waals surface area contributed by atoms with Crippen molar-refractivity contribution >= 4 is 70.1 Å². The van der Waals surface area contributed by atoms with Crippen molar-refractivity contribution in [2.24, 2.45) is 0 Å². The lowest BCUT2D eigenvalue weighted by Gasteiger charge is -2.29. The van der Waals surface area contributed by atoms with Crippen LogP contribution >= 0.6 is 11.3 Å². The molecular weight excluding hydrogens is 683 g/mol. The topological polar surface area (TPSA) is 3.24 Å². The number of anilines is 3. The Morgan fingerprint density at radius 2 is 0.945 bits per heavy atom. The molecule has 0 amide bonds. The third kappa shape index (κ3) is 4.92. The van der Waals surface area contributed by atoms with Crippen LogP contribution < -0.4 is 4.90 Å². The van der Waals surface area contributed by atoms with Crippen LogP contribution in [0.3, 0.4) is 0 Å². The molecule has 0 saturated heterocycles. The third-order valence-corrected chi connectivity index (χ3v) is 13.0. The van der Waals surface area contributed by atoms with Crippen LogP contribution in [0.15, 0.2) is 188 Å². The van der Waals surface area contributed by atoms with Gasteiger partial charge in [0.05, 0.1) is 5.69 Å². The zero-order valence-electron chi connectivity index (χ0n) is 30.8. The van der Waals surface area contributed by atoms with E-state index in [4.69, 9.17) is 0 Å². The van der Waals surface area contributed by atoms with Crippen molar-refractivity contribution in [3.8, 4) is 33.4 Å². The predicted octanol–water partition coefficient (Wildman–Crippen LogP) is 15.5. The van der Waals surface area contributed by atoms with Gasteiger partial charge >= 0.3 is 0 Å². The van der Waals surface area contributed by atoms with Crippen molar-refractivity contribution in [3.05, 3.63) is 199 Å². The molecule has 1 aliphatic rings. The van der Waals surface area contributed by atoms with E-state index in [1.54, 1.807) is 0 Å². The van der Waals surface area contributed by atoms with Crippen molar-refractivity contribution in [2.75, 3.05) is 4.90 Å². The summed E-state index contributed by atoms with van der Waals surface area (Å²) in [6.07, 6.45) is 0. The zero-order chi connectivity index (χ0) is 36.7. The minimum atomic E-state index is -0.129. The Morgan fingerprint density at radius 1 is 0.400 bits per heavy atom. The van der Waals surface area contributed by atoms with Gasteiger partial charge in [-0.1, -0.05) is 166 Å². The van der Waals surface area contributed by atoms with Gasteiger partial charge in [0, 0.05) is 42.3 Å². The van der Waals surface area contributed by atoms with Crippen LogP contribution in [-0.4, -0.2) is 0 Å². The minimum Gasteiger partial charge on any atom is -0.310 e. The summed E-state index contributed by atoms with van der Waals surface area (Å²) in [6.45, 7) is 4.75. The molecule has 2 heteroatoms. The van der Waals surface area contributed by atoms with Gasteiger partial charge in [-0.15, -0.1) is 11.3 Å². The first-order chi connectivity index (χ1) is 27.0. The quantitative estimate of drug-likeness (QED) is 0.160. The fourth-order valence-electron chi connectivity index (χ4n) is 9.17. The Balaban J connectivity index is 1.25. The van der Waals surface area contributed by atoms with E-state index < -0.39 is 0 Å². The van der Waals surface area contributed by atoms with Crippen molar-refractivity contribution in [1.29, 1.82) is 0 Å². The number of benzene rings is 9. The minimum absolute atomic E-state index is 0.129. The molecule has 0 bridgehead atoms. The standard InChI is InChI=1S/C53H37NS/c1-53(2)46-24-14-13-21-42(46)43-30-29-39(33-47(43)53)54(38-27-25-36(26-28-38)34-15-5-3-6-16-34)48-31-37(35-17-7-4-8-18-35)32-49-51(48)50-44-22-11-9-19-40(44)41-20-10-12-23-45(41)52(50)55-49/h3-33H,1-2H3. The largest absolute Gasteiger partial charge is 0.310 e. The van der Waals surface area contributed by atoms with Crippen molar-refractivity contribution in [3.63, 3.8) is 0 Å². The number of thiophene rings is 1. The Labute approximate surface area is 325 Å². The number of hydrogen-bond donors (Lipinski definition) is 0. The molecule has 260 valence electrons. The maximum absolute atomic E-state index is 2.53. The number of hydrogen-bond acceptors (Lipinski definition) is 2. The molecule has 9 aromatic carbocycles. The highest BCUT2D eigenvalue weighted by Crippen LogP contribution is 2.54. The third-order valence-electron chi connectivity index (χ3n) is 11.8. The second-order valence-electron chi connectivity index (χ2n) is 15.3. The summed E-state index contributed by atoms with van der Waals surface area (Å²) >= 11 is 1.92. The second-order valence-corrected chi connectivity index (χ2v) is 16.3. The maximum Gasteiger partial charge on any atom is 0.0561 e. The van der Waals surface area contributed by atoms with E-state index in [1.807, 2.05) is 11.3 Å². The summed E-state index contributed by atoms with van der Waals surface area (Å²) < 4.78 is 2.62. The fourth-order valence-corrected chi connectivity index (χ4v) is 10.5. The Morgan fingerprint density at radius 3 is 1.67 bits per heavy atom. The Kier molecular flexibility index (Phi) is 7.14. The highest BCUT2D eigenvalue weighted by atomic mass is 32.1. The van der Waals surface area contributed by atoms with E-state index in [-0.39, 0.29) is 5.41 Å². The fraction of sp³-hybridized carbons (Fsp3) is 0.0566. The average molecular weight is 720 g/mol. The van der Waals surface area contributed by atoms with Crippen molar-refractivity contribution < 1.29 is 0 Å². The zero-order valence-corrected chi connectivity index (χ0v) is 31.6. The second kappa shape index (κ2) is 12.3. The van der Waals surface area contributed by atoms with E-state index in [9.17, 15) is 0 Å². The van der Waals surface area contributed by atoms with Gasteiger partial charge in [0.25, 0.3) is 0 Å². The molecule has 0 N–H and O–H groups in total. The van der Waals surface area contributed by atoms with Gasteiger partial charge in [-0.05, 0) is 97.1 Å². The van der Waals surface area contributed by atoms with Gasteiger partial charge < -0.3 is 4.90 Å². The monoisotopic (exact) mass is 719 g/mol. The molecule has 1 aromatic heterocycles. The summed E-state index contributed by atoms with van der Waals surface area (Å²) in [7, 11) is 0. The Bertz CT molecular complexity index is 3100. The van der Waals surface area contributed by atoms with Crippen LogP contribution in [0, 0.1) is 0 Å². The summed E-state index contributed by atoms with van der Waals surface area (Å²) in [4.78, 5) is 2.53. The smallest absolute Gasteiger partial charge is 0.0561 e. The van der Waals surface area contributed by atoms with E-state index in [0.29, 0.717) is 0 Å². The highest BCUT2D eigenvalue weighted by molar-refractivity contribution is 7.27. The summed E-state index contributed by atoms with van der Waals surface area (Å²) in [5.74, 6) is 0. The predicted molar refractivity (Wildman–Crippen MR) is 237 cm³/mol. The van der Waals surface area contributed by atoms with Crippen molar-refractivity contribution in [1.82, 2.24) is 0 Å². The lowest BCUT2D eigenvalue weighted by Crippen LogP contribution is -2.16. The molecular formula is C53H37NS. The van der Waals surface area contributed by atoms with E-state index >= 15 is 0 Å². The molecule has 1 heterocycles. The molecule has 0 aliphatic heterocycles. The van der Waals surface area contributed by atoms with Crippen LogP contribution in [0.2, 0.25) is 0 Å². The number of rotatable bonds is 5. The SMILES string of the molecule is CC1(C)c2ccccc2-c2ccc(N(c3ccc(-c4ccccc4)cc3)c3cc(-c4ccccc4)cc4sc5c6ccccc6c6ccccc6c5c34)cc21. The van der Waals surface area contributed by atoms with E-state index in [1.165, 1.54) is 91.9 Å². The number of nitrogens with zero attached hydrogens (tertiary/aromatic N) is 1. The van der Waals surface area contributed by atoms with E-state index in [2.05, 4.69) is 207 Å². The first kappa shape index (κ1) is 32.0. The first-order valence-electron chi connectivity index (χ1n) is 19.1. The molecule has 0 fully saturated rings. The summed E-state index contributed by atoms with van der Waals surface area (Å²) in [5.41, 5.74) is 13.6. The summed E-state index contributed by atoms with van der Waals surface area (Å²) in [6, 6.07) is 69.5. The van der Waals surface area contributed by atoms with Gasteiger partial charge in [0.1, 0.15) is 0 Å². The van der Waals surface area contributed by atoms with Gasteiger partial charge in [-0.25, -0.2) is 0 Å². The summed E-state index contributed by atoms with van der Waals surface area (Å²) in [5, 5.41) is 7.80. The molecule has 0 atom stereocenters. The molecule has 0 spiro atoms. The van der Waals surface area contributed by atoms with Crippen LogP contribution in [0.25, 0.3) is 75.1 Å². The molecule has 0 unspecified atom stereocenters. The molecule has 0 radical (unpaired) electrons. The highest BCUT2D eigenvalue weighted by Gasteiger charge is 2.36. The lowest BCUT2D eigenvalue weighted by atomic mass is 9.82. The van der Waals surface area contributed by atoms with Gasteiger partial charge in [0.2, 0.25) is 0 Å². The van der Waals surface area contributed by atoms with Crippen molar-refractivity contribution in [2.45, 2.75) is 19.3 Å². The van der Waals surface area contributed by atoms with Crippen LogP contribution in [-0.2, 0) is 5.41 Å². The van der Waals surface area contributed by atoms with Gasteiger partial charge in [-0.2, -0.15) is 0 Å². The van der Waals surface area contributed by atoms with Crippen LogP contribution in [0.5, 0.6) is 0 Å². The van der Waals surface area contributed by atoms with Crippen LogP contribution in [0.4, 0.5) is 17.1 Å². The molecule has 0 saturated carbocycles. The molecule has 10 aromatic rings. The molecule has 11 rings (SSSR count). The van der Waals surface area contributed by atoms with Crippen LogP contribution in [0.1, 0.15) is 25.0 Å². The normalized spacial score (nSPS) is 13.1.